The number of hydrogen-bond acceptors (Lipinski definition) is 3. The van der Waals surface area contributed by atoms with Gasteiger partial charge in [0.1, 0.15) is 0 Å². The molecule has 5 nitrogen and oxygen atoms in total. The Morgan fingerprint density at radius 1 is 1.32 bits per heavy atom. The van der Waals surface area contributed by atoms with Crippen LogP contribution in [0.1, 0.15) is 19.3 Å². The monoisotopic (exact) mass is 262 g/mol. The Bertz CT molecular complexity index is 416. The van der Waals surface area contributed by atoms with Crippen LogP contribution in [-0.4, -0.2) is 35.7 Å². The first-order valence-electron chi connectivity index (χ1n) is 6.53. The molecule has 0 aromatic carbocycles. The zero-order chi connectivity index (χ0) is 13.8. The first-order chi connectivity index (χ1) is 9.15. The highest BCUT2D eigenvalue weighted by Gasteiger charge is 2.46. The van der Waals surface area contributed by atoms with E-state index in [9.17, 15) is 14.4 Å². The van der Waals surface area contributed by atoms with Crippen LogP contribution in [0.2, 0.25) is 0 Å². The molecule has 1 fully saturated rings. The predicted octanol–water partition coefficient (Wildman–Crippen LogP) is 0.630. The Labute approximate surface area is 112 Å². The minimum absolute atomic E-state index is 0.129. The normalized spacial score (nSPS) is 25.4. The first-order valence-corrected chi connectivity index (χ1v) is 6.53. The van der Waals surface area contributed by atoms with Crippen molar-refractivity contribution in [3.05, 3.63) is 24.8 Å². The second-order valence-corrected chi connectivity index (χ2v) is 4.83. The maximum absolute atomic E-state index is 12.1. The number of nitrogens with one attached hydrogen (secondary N) is 1. The van der Waals surface area contributed by atoms with E-state index in [0.717, 1.165) is 0 Å². The Hall–Kier alpha value is -1.91. The van der Waals surface area contributed by atoms with Gasteiger partial charge in [0.2, 0.25) is 17.7 Å². The van der Waals surface area contributed by atoms with E-state index in [4.69, 9.17) is 0 Å². The van der Waals surface area contributed by atoms with Crippen LogP contribution >= 0.6 is 0 Å². The van der Waals surface area contributed by atoms with Crippen LogP contribution in [0.4, 0.5) is 0 Å². The molecule has 0 spiro atoms. The number of fused-ring (bicyclic) bond motifs is 1. The van der Waals surface area contributed by atoms with Crippen LogP contribution in [0.15, 0.2) is 24.8 Å². The van der Waals surface area contributed by atoms with E-state index in [1.54, 1.807) is 6.08 Å². The van der Waals surface area contributed by atoms with Crippen LogP contribution in [0.5, 0.6) is 0 Å². The molecule has 0 radical (unpaired) electrons. The van der Waals surface area contributed by atoms with Crippen molar-refractivity contribution in [3.8, 4) is 0 Å². The van der Waals surface area contributed by atoms with E-state index in [0.29, 0.717) is 19.4 Å². The molecular formula is C14H18N2O3. The molecule has 1 aliphatic carbocycles. The third-order valence-corrected chi connectivity index (χ3v) is 3.60. The summed E-state index contributed by atoms with van der Waals surface area (Å²) in [6.45, 7) is 4.08. The summed E-state index contributed by atoms with van der Waals surface area (Å²) in [4.78, 5) is 36.9. The number of likely N-dealkylation sites (tertiary alicyclic amines) is 1. The van der Waals surface area contributed by atoms with Crippen LogP contribution < -0.4 is 5.32 Å². The van der Waals surface area contributed by atoms with Crippen LogP contribution in [0.3, 0.4) is 0 Å². The number of hydrogen-bond donors (Lipinski definition) is 1. The predicted molar refractivity (Wildman–Crippen MR) is 69.9 cm³/mol. The molecule has 2 atom stereocenters. The van der Waals surface area contributed by atoms with E-state index >= 15 is 0 Å². The van der Waals surface area contributed by atoms with Gasteiger partial charge >= 0.3 is 0 Å². The topological polar surface area (TPSA) is 66.5 Å². The van der Waals surface area contributed by atoms with Gasteiger partial charge < -0.3 is 5.32 Å². The third-order valence-electron chi connectivity index (χ3n) is 3.60. The first kappa shape index (κ1) is 13.5. The highest BCUT2D eigenvalue weighted by Crippen LogP contribution is 2.34. The molecular weight excluding hydrogens is 244 g/mol. The van der Waals surface area contributed by atoms with Crippen LogP contribution in [-0.2, 0) is 14.4 Å². The van der Waals surface area contributed by atoms with Gasteiger partial charge in [-0.15, -0.1) is 6.58 Å². The van der Waals surface area contributed by atoms with Gasteiger partial charge in [-0.05, 0) is 12.8 Å². The minimum atomic E-state index is -0.214. The summed E-state index contributed by atoms with van der Waals surface area (Å²) in [7, 11) is 0. The molecule has 1 saturated heterocycles. The average Bonchev–Trinajstić information content (AvgIpc) is 2.67. The molecule has 0 bridgehead atoms. The van der Waals surface area contributed by atoms with E-state index in [-0.39, 0.29) is 42.5 Å². The molecule has 102 valence electrons. The van der Waals surface area contributed by atoms with Crippen LogP contribution in [0.25, 0.3) is 0 Å². The van der Waals surface area contributed by atoms with Gasteiger partial charge in [0.15, 0.2) is 0 Å². The Balaban J connectivity index is 1.91. The molecule has 1 aliphatic heterocycles. The average molecular weight is 262 g/mol. The van der Waals surface area contributed by atoms with Crippen molar-refractivity contribution in [2.75, 3.05) is 13.1 Å². The number of allylic oxidation sites excluding steroid dienone is 2. The standard InChI is InChI=1S/C14H18N2O3/c1-2-8-15-12(17)7-9-16-13(18)10-5-3-4-6-11(10)14(16)19/h2-4,10-11H,1,5-9H2,(H,15,17). The lowest BCUT2D eigenvalue weighted by molar-refractivity contribution is -0.140. The van der Waals surface area contributed by atoms with Gasteiger partial charge in [0.25, 0.3) is 0 Å². The fourth-order valence-corrected chi connectivity index (χ4v) is 2.58. The number of rotatable bonds is 5. The Kier molecular flexibility index (Phi) is 4.14. The highest BCUT2D eigenvalue weighted by atomic mass is 16.2. The van der Waals surface area contributed by atoms with Crippen molar-refractivity contribution in [1.29, 1.82) is 0 Å². The largest absolute Gasteiger partial charge is 0.353 e. The fraction of sp³-hybridized carbons (Fsp3) is 0.500. The van der Waals surface area contributed by atoms with Gasteiger partial charge in [-0.1, -0.05) is 18.2 Å². The molecule has 19 heavy (non-hydrogen) atoms. The highest BCUT2D eigenvalue weighted by molar-refractivity contribution is 6.05. The van der Waals surface area contributed by atoms with Gasteiger partial charge in [-0.2, -0.15) is 0 Å². The third kappa shape index (κ3) is 2.75. The molecule has 2 rings (SSSR count). The Morgan fingerprint density at radius 2 is 1.89 bits per heavy atom. The number of imide groups is 1. The smallest absolute Gasteiger partial charge is 0.233 e. The van der Waals surface area contributed by atoms with Gasteiger partial charge in [-0.3, -0.25) is 19.3 Å². The molecule has 0 aromatic rings. The summed E-state index contributed by atoms with van der Waals surface area (Å²) in [5.41, 5.74) is 0. The molecule has 3 amide bonds. The summed E-state index contributed by atoms with van der Waals surface area (Å²) in [6, 6.07) is 0. The quantitative estimate of drug-likeness (QED) is 0.584. The lowest BCUT2D eigenvalue weighted by atomic mass is 9.85. The Morgan fingerprint density at radius 3 is 2.42 bits per heavy atom. The van der Waals surface area contributed by atoms with E-state index in [1.807, 2.05) is 12.2 Å². The number of carbonyl (C=O) groups is 3. The summed E-state index contributed by atoms with van der Waals surface area (Å²) >= 11 is 0. The van der Waals surface area contributed by atoms with E-state index < -0.39 is 0 Å². The maximum Gasteiger partial charge on any atom is 0.233 e. The van der Waals surface area contributed by atoms with Gasteiger partial charge in [0, 0.05) is 19.5 Å². The van der Waals surface area contributed by atoms with Crippen molar-refractivity contribution in [3.63, 3.8) is 0 Å². The number of nitrogens with zero attached hydrogens (tertiary/aromatic N) is 1. The van der Waals surface area contributed by atoms with Crippen molar-refractivity contribution in [2.45, 2.75) is 19.3 Å². The molecule has 5 heteroatoms. The zero-order valence-corrected chi connectivity index (χ0v) is 10.8. The van der Waals surface area contributed by atoms with Crippen molar-refractivity contribution in [1.82, 2.24) is 10.2 Å². The van der Waals surface area contributed by atoms with Gasteiger partial charge in [0.05, 0.1) is 11.8 Å². The van der Waals surface area contributed by atoms with E-state index in [2.05, 4.69) is 11.9 Å². The summed E-state index contributed by atoms with van der Waals surface area (Å²) in [6.07, 6.45) is 6.91. The molecule has 0 aromatic heterocycles. The number of carbonyl (C=O) groups excluding carboxylic acids is 3. The lowest BCUT2D eigenvalue weighted by Crippen LogP contribution is -2.35. The number of amides is 3. The van der Waals surface area contributed by atoms with Crippen molar-refractivity contribution < 1.29 is 14.4 Å². The summed E-state index contributed by atoms with van der Waals surface area (Å²) in [5.74, 6) is -0.859. The molecule has 2 aliphatic rings. The maximum atomic E-state index is 12.1. The fourth-order valence-electron chi connectivity index (χ4n) is 2.58. The lowest BCUT2D eigenvalue weighted by Gasteiger charge is -2.14. The molecule has 1 heterocycles. The van der Waals surface area contributed by atoms with Crippen molar-refractivity contribution >= 4 is 17.7 Å². The molecule has 0 saturated carbocycles. The molecule has 1 N–H and O–H groups in total. The van der Waals surface area contributed by atoms with Crippen molar-refractivity contribution in [2.24, 2.45) is 11.8 Å². The SMILES string of the molecule is C=CCNC(=O)CCN1C(=O)C2CC=CCC2C1=O. The summed E-state index contributed by atoms with van der Waals surface area (Å²) < 4.78 is 0. The zero-order valence-electron chi connectivity index (χ0n) is 10.8. The van der Waals surface area contributed by atoms with E-state index in [1.165, 1.54) is 4.90 Å². The van der Waals surface area contributed by atoms with Crippen LogP contribution in [0, 0.1) is 11.8 Å². The van der Waals surface area contributed by atoms with Gasteiger partial charge in [-0.25, -0.2) is 0 Å². The second kappa shape index (κ2) is 5.82. The minimum Gasteiger partial charge on any atom is -0.353 e. The second-order valence-electron chi connectivity index (χ2n) is 4.83. The molecule has 2 unspecified atom stereocenters. The summed E-state index contributed by atoms with van der Waals surface area (Å²) in [5, 5.41) is 2.63.